The van der Waals surface area contributed by atoms with Crippen molar-refractivity contribution in [1.29, 1.82) is 0 Å². The third kappa shape index (κ3) is 3.57. The molecule has 0 radical (unpaired) electrons. The van der Waals surface area contributed by atoms with Crippen LogP contribution in [0.1, 0.15) is 38.7 Å². The van der Waals surface area contributed by atoms with Crippen LogP contribution in [-0.4, -0.2) is 60.5 Å². The van der Waals surface area contributed by atoms with Crippen molar-refractivity contribution in [3.63, 3.8) is 0 Å². The number of carbonyl (C=O) groups excluding carboxylic acids is 1. The number of likely N-dealkylation sites (N-methyl/N-ethyl adjacent to an activating group) is 1. The maximum Gasteiger partial charge on any atom is 0.252 e. The molecule has 2 aromatic heterocycles. The first-order valence-electron chi connectivity index (χ1n) is 8.76. The van der Waals surface area contributed by atoms with Crippen molar-refractivity contribution in [3.8, 4) is 11.8 Å². The molecule has 1 fully saturated rings. The number of imidazole rings is 1. The lowest BCUT2D eigenvalue weighted by Crippen LogP contribution is -2.42. The molecular weight excluding hydrogens is 352 g/mol. The fourth-order valence-electron chi connectivity index (χ4n) is 2.83. The van der Waals surface area contributed by atoms with Crippen LogP contribution in [0.4, 0.5) is 5.82 Å². The van der Waals surface area contributed by atoms with Crippen molar-refractivity contribution in [3.05, 3.63) is 12.2 Å². The van der Waals surface area contributed by atoms with Crippen LogP contribution in [0.5, 0.6) is 0 Å². The van der Waals surface area contributed by atoms with E-state index >= 15 is 0 Å². The fourth-order valence-corrected chi connectivity index (χ4v) is 2.83. The van der Waals surface area contributed by atoms with E-state index in [-0.39, 0.29) is 11.6 Å². The Labute approximate surface area is 155 Å². The number of nitrogens with two attached hydrogens (primary N) is 1. The second kappa shape index (κ2) is 7.87. The number of rotatable bonds is 4. The van der Waals surface area contributed by atoms with Crippen molar-refractivity contribution >= 4 is 22.9 Å². The van der Waals surface area contributed by atoms with Crippen LogP contribution in [0.15, 0.2) is 6.33 Å². The first-order valence-corrected chi connectivity index (χ1v) is 8.76. The molecule has 1 amide bonds. The second-order valence-electron chi connectivity index (χ2n) is 6.13. The highest BCUT2D eigenvalue weighted by Gasteiger charge is 2.47. The van der Waals surface area contributed by atoms with Gasteiger partial charge in [-0.2, -0.15) is 0 Å². The summed E-state index contributed by atoms with van der Waals surface area (Å²) in [7, 11) is 0. The molecule has 10 heteroatoms. The summed E-state index contributed by atoms with van der Waals surface area (Å²) in [6, 6.07) is 0. The lowest BCUT2D eigenvalue weighted by Gasteiger charge is -2.16. The van der Waals surface area contributed by atoms with E-state index < -0.39 is 30.4 Å². The minimum Gasteiger partial charge on any atom is -0.387 e. The van der Waals surface area contributed by atoms with Gasteiger partial charge in [0.2, 0.25) is 5.82 Å². The number of hydrogen-bond donors (Lipinski definition) is 4. The number of nitrogen functional groups attached to an aromatic ring is 1. The Hall–Kier alpha value is -2.74. The summed E-state index contributed by atoms with van der Waals surface area (Å²) in [6.07, 6.45) is -2.01. The Morgan fingerprint density at radius 1 is 1.37 bits per heavy atom. The molecule has 1 saturated heterocycles. The number of ether oxygens (including phenoxy) is 1. The number of aromatic nitrogens is 4. The molecule has 0 saturated carbocycles. The smallest absolute Gasteiger partial charge is 0.252 e. The molecule has 0 aliphatic carbocycles. The van der Waals surface area contributed by atoms with Crippen LogP contribution in [0.25, 0.3) is 11.2 Å². The molecule has 0 unspecified atom stereocenters. The summed E-state index contributed by atoms with van der Waals surface area (Å²) in [4.78, 5) is 24.7. The average molecular weight is 374 g/mol. The van der Waals surface area contributed by atoms with Gasteiger partial charge in [-0.25, -0.2) is 15.0 Å². The van der Waals surface area contributed by atoms with Gasteiger partial charge in [0.1, 0.15) is 17.7 Å². The van der Waals surface area contributed by atoms with Crippen LogP contribution in [0, 0.1) is 11.8 Å². The number of anilines is 1. The zero-order valence-corrected chi connectivity index (χ0v) is 15.1. The summed E-state index contributed by atoms with van der Waals surface area (Å²) < 4.78 is 7.03. The normalized spacial score (nSPS) is 24.6. The molecule has 27 heavy (non-hydrogen) atoms. The highest BCUT2D eigenvalue weighted by molar-refractivity contribution is 5.83. The van der Waals surface area contributed by atoms with E-state index in [2.05, 4.69) is 32.1 Å². The number of amides is 1. The van der Waals surface area contributed by atoms with Crippen LogP contribution >= 0.6 is 0 Å². The van der Waals surface area contributed by atoms with E-state index in [1.807, 2.05) is 6.92 Å². The molecule has 4 atom stereocenters. The summed E-state index contributed by atoms with van der Waals surface area (Å²) in [5, 5.41) is 23.1. The van der Waals surface area contributed by atoms with E-state index in [0.29, 0.717) is 24.1 Å². The van der Waals surface area contributed by atoms with Crippen LogP contribution in [0.3, 0.4) is 0 Å². The van der Waals surface area contributed by atoms with Crippen LogP contribution in [0.2, 0.25) is 0 Å². The number of carbonyl (C=O) groups is 1. The molecule has 2 aromatic rings. The molecule has 0 spiro atoms. The van der Waals surface area contributed by atoms with Gasteiger partial charge in [0.15, 0.2) is 23.8 Å². The van der Waals surface area contributed by atoms with Crippen LogP contribution < -0.4 is 11.1 Å². The number of unbranched alkanes of at least 4 members (excludes halogenated alkanes) is 1. The molecule has 144 valence electrons. The van der Waals surface area contributed by atoms with Gasteiger partial charge >= 0.3 is 0 Å². The maximum absolute atomic E-state index is 12.0. The molecule has 5 N–H and O–H groups in total. The number of aliphatic hydroxyl groups is 2. The molecule has 0 aromatic carbocycles. The Balaban J connectivity index is 1.97. The minimum atomic E-state index is -1.39. The zero-order chi connectivity index (χ0) is 19.6. The van der Waals surface area contributed by atoms with Gasteiger partial charge in [-0.15, -0.1) is 0 Å². The van der Waals surface area contributed by atoms with Gasteiger partial charge in [0.05, 0.1) is 6.33 Å². The second-order valence-corrected chi connectivity index (χ2v) is 6.13. The van der Waals surface area contributed by atoms with Crippen molar-refractivity contribution in [2.24, 2.45) is 0 Å². The SMILES string of the molecule is CCCC#Cc1nc(N)c2ncn([C@H]3O[C@@H](C(=O)NCC)[C@H](O)[C@@H]3O)c2n1. The zero-order valence-electron chi connectivity index (χ0n) is 15.1. The lowest BCUT2D eigenvalue weighted by molar-refractivity contribution is -0.137. The third-order valence-electron chi connectivity index (χ3n) is 4.15. The molecule has 1 aliphatic rings. The molecule has 3 rings (SSSR count). The molecule has 3 heterocycles. The first-order chi connectivity index (χ1) is 13.0. The third-order valence-corrected chi connectivity index (χ3v) is 4.15. The largest absolute Gasteiger partial charge is 0.387 e. The predicted octanol–water partition coefficient (Wildman–Crippen LogP) is -0.685. The number of fused-ring (bicyclic) bond motifs is 1. The molecule has 1 aliphatic heterocycles. The summed E-state index contributed by atoms with van der Waals surface area (Å²) in [5.74, 6) is 5.65. The topological polar surface area (TPSA) is 148 Å². The summed E-state index contributed by atoms with van der Waals surface area (Å²) in [5.41, 5.74) is 6.56. The van der Waals surface area contributed by atoms with Crippen molar-refractivity contribution in [2.45, 2.75) is 51.2 Å². The van der Waals surface area contributed by atoms with Crippen LogP contribution in [-0.2, 0) is 9.53 Å². The molecule has 10 nitrogen and oxygen atoms in total. The van der Waals surface area contributed by atoms with E-state index in [1.165, 1.54) is 10.9 Å². The van der Waals surface area contributed by atoms with E-state index in [9.17, 15) is 15.0 Å². The molecule has 0 bridgehead atoms. The van der Waals surface area contributed by atoms with Gasteiger partial charge in [-0.05, 0) is 19.3 Å². The van der Waals surface area contributed by atoms with Gasteiger partial charge in [-0.1, -0.05) is 12.8 Å². The first kappa shape index (κ1) is 19.0. The number of nitrogens with one attached hydrogen (secondary N) is 1. The number of nitrogens with zero attached hydrogens (tertiary/aromatic N) is 4. The monoisotopic (exact) mass is 374 g/mol. The van der Waals surface area contributed by atoms with Crippen molar-refractivity contribution in [2.75, 3.05) is 12.3 Å². The Bertz CT molecular complexity index is 902. The lowest BCUT2D eigenvalue weighted by atomic mass is 10.1. The van der Waals surface area contributed by atoms with E-state index in [4.69, 9.17) is 10.5 Å². The highest BCUT2D eigenvalue weighted by Crippen LogP contribution is 2.32. The van der Waals surface area contributed by atoms with Gasteiger partial charge < -0.3 is 26.0 Å². The Morgan fingerprint density at radius 3 is 2.85 bits per heavy atom. The number of hydrogen-bond acceptors (Lipinski definition) is 8. The summed E-state index contributed by atoms with van der Waals surface area (Å²) >= 11 is 0. The van der Waals surface area contributed by atoms with Gasteiger partial charge in [0.25, 0.3) is 5.91 Å². The minimum absolute atomic E-state index is 0.146. The predicted molar refractivity (Wildman–Crippen MR) is 96.1 cm³/mol. The standard InChI is InChI=1S/C17H22N6O4/c1-3-5-6-7-9-21-14(18)10-15(22-9)23(8-20-10)17-12(25)11(24)13(27-17)16(26)19-4-2/h8,11-13,17,24-25H,3-5H2,1-2H3,(H,19,26)(H2,18,21,22)/t11-,12+,13-,17+/m1/s1. The highest BCUT2D eigenvalue weighted by atomic mass is 16.6. The molecular formula is C17H22N6O4. The fraction of sp³-hybridized carbons (Fsp3) is 0.529. The Kier molecular flexibility index (Phi) is 5.55. The quantitative estimate of drug-likeness (QED) is 0.514. The van der Waals surface area contributed by atoms with Crippen molar-refractivity contribution in [1.82, 2.24) is 24.8 Å². The van der Waals surface area contributed by atoms with Crippen molar-refractivity contribution < 1.29 is 19.7 Å². The summed E-state index contributed by atoms with van der Waals surface area (Å²) in [6.45, 7) is 4.14. The maximum atomic E-state index is 12.0. The van der Waals surface area contributed by atoms with E-state index in [1.54, 1.807) is 6.92 Å². The Morgan fingerprint density at radius 2 is 2.15 bits per heavy atom. The number of aliphatic hydroxyl groups excluding tert-OH is 2. The van der Waals surface area contributed by atoms with Gasteiger partial charge in [-0.3, -0.25) is 9.36 Å². The average Bonchev–Trinajstić information content (AvgIpc) is 3.18. The van der Waals surface area contributed by atoms with E-state index in [0.717, 1.165) is 6.42 Å². The van der Waals surface area contributed by atoms with Gasteiger partial charge in [0, 0.05) is 13.0 Å².